The summed E-state index contributed by atoms with van der Waals surface area (Å²) in [6.45, 7) is -0.210. The number of nitrogens with zero attached hydrogens (tertiary/aromatic N) is 2. The third-order valence-corrected chi connectivity index (χ3v) is 6.60. The Kier molecular flexibility index (Phi) is 6.56. The summed E-state index contributed by atoms with van der Waals surface area (Å²) in [7, 11) is -2.16. The molecule has 1 amide bonds. The monoisotopic (exact) mass is 447 g/mol. The van der Waals surface area contributed by atoms with Gasteiger partial charge in [-0.3, -0.25) is 9.59 Å². The van der Waals surface area contributed by atoms with E-state index in [0.29, 0.717) is 17.7 Å². The number of hydrogen-bond donors (Lipinski definition) is 3. The number of benzene rings is 1. The molecule has 2 aromatic rings. The average Bonchev–Trinajstić information content (AvgIpc) is 2.77. The van der Waals surface area contributed by atoms with Crippen LogP contribution in [-0.4, -0.2) is 66.5 Å². The van der Waals surface area contributed by atoms with Crippen molar-refractivity contribution in [2.75, 3.05) is 26.7 Å². The van der Waals surface area contributed by atoms with Crippen molar-refractivity contribution in [1.82, 2.24) is 14.6 Å². The summed E-state index contributed by atoms with van der Waals surface area (Å²) in [6.07, 6.45) is 3.50. The Balaban J connectivity index is 1.73. The van der Waals surface area contributed by atoms with Gasteiger partial charge in [-0.2, -0.15) is 4.31 Å². The summed E-state index contributed by atoms with van der Waals surface area (Å²) in [5.74, 6) is -1.85. The number of carboxylic acids is 1. The highest BCUT2D eigenvalue weighted by molar-refractivity contribution is 7.89. The summed E-state index contributed by atoms with van der Waals surface area (Å²) >= 11 is 0. The molecule has 0 aliphatic carbocycles. The number of pyridine rings is 1. The van der Waals surface area contributed by atoms with Gasteiger partial charge < -0.3 is 20.3 Å². The molecule has 0 atom stereocenters. The van der Waals surface area contributed by atoms with Gasteiger partial charge in [-0.05, 0) is 47.9 Å². The van der Waals surface area contributed by atoms with E-state index in [2.05, 4.69) is 10.3 Å². The molecule has 3 N–H and O–H groups in total. The van der Waals surface area contributed by atoms with Crippen LogP contribution in [0.2, 0.25) is 0 Å². The molecular formula is C20H21N3O7S. The molecule has 0 bridgehead atoms. The van der Waals surface area contributed by atoms with Crippen LogP contribution in [0.1, 0.15) is 22.5 Å². The van der Waals surface area contributed by atoms with Crippen LogP contribution in [0.5, 0.6) is 11.5 Å². The van der Waals surface area contributed by atoms with Crippen LogP contribution in [0.15, 0.2) is 47.5 Å². The molecule has 31 heavy (non-hydrogen) atoms. The van der Waals surface area contributed by atoms with Crippen LogP contribution in [0.4, 0.5) is 0 Å². The number of carboxylic acid groups (broad SMARTS) is 1. The summed E-state index contributed by atoms with van der Waals surface area (Å²) < 4.78 is 32.1. The van der Waals surface area contributed by atoms with Gasteiger partial charge in [0.2, 0.25) is 10.0 Å². The van der Waals surface area contributed by atoms with Crippen molar-refractivity contribution >= 4 is 27.5 Å². The first-order valence-electron chi connectivity index (χ1n) is 9.25. The van der Waals surface area contributed by atoms with Gasteiger partial charge in [-0.25, -0.2) is 13.4 Å². The number of sulfonamides is 1. The number of carbonyl (C=O) groups is 2. The second-order valence-corrected chi connectivity index (χ2v) is 8.62. The van der Waals surface area contributed by atoms with E-state index < -0.39 is 34.2 Å². The van der Waals surface area contributed by atoms with Crippen LogP contribution in [0.3, 0.4) is 0 Å². The first kappa shape index (κ1) is 22.2. The van der Waals surface area contributed by atoms with Crippen molar-refractivity contribution in [3.8, 4) is 11.5 Å². The third-order valence-electron chi connectivity index (χ3n) is 4.72. The van der Waals surface area contributed by atoms with Crippen molar-refractivity contribution < 1.29 is 33.0 Å². The highest BCUT2D eigenvalue weighted by atomic mass is 32.2. The van der Waals surface area contributed by atoms with Gasteiger partial charge in [0.15, 0.2) is 5.69 Å². The van der Waals surface area contributed by atoms with Crippen LogP contribution in [0, 0.1) is 0 Å². The van der Waals surface area contributed by atoms with E-state index in [-0.39, 0.29) is 23.7 Å². The fourth-order valence-corrected chi connectivity index (χ4v) is 4.45. The lowest BCUT2D eigenvalue weighted by atomic mass is 10.0. The molecular weight excluding hydrogens is 426 g/mol. The molecule has 1 aliphatic rings. The number of methoxy groups -OCH3 is 1. The number of aromatic nitrogens is 1. The van der Waals surface area contributed by atoms with E-state index in [9.17, 15) is 23.1 Å². The topological polar surface area (TPSA) is 146 Å². The SMILES string of the molecule is COc1ccc(S(=O)(=O)N2CC=C(c3cnc(C(=O)NCC(=O)O)c(O)c3)CC2)cc1. The fourth-order valence-electron chi connectivity index (χ4n) is 3.07. The van der Waals surface area contributed by atoms with E-state index in [1.54, 1.807) is 18.2 Å². The zero-order chi connectivity index (χ0) is 22.6. The predicted molar refractivity (Wildman–Crippen MR) is 110 cm³/mol. The van der Waals surface area contributed by atoms with Gasteiger partial charge >= 0.3 is 5.97 Å². The highest BCUT2D eigenvalue weighted by Crippen LogP contribution is 2.28. The second kappa shape index (κ2) is 9.14. The zero-order valence-electron chi connectivity index (χ0n) is 16.6. The molecule has 11 heteroatoms. The first-order chi connectivity index (χ1) is 14.7. The lowest BCUT2D eigenvalue weighted by Gasteiger charge is -2.26. The Morgan fingerprint density at radius 2 is 1.97 bits per heavy atom. The molecule has 0 saturated carbocycles. The summed E-state index contributed by atoms with van der Waals surface area (Å²) in [6, 6.07) is 7.50. The van der Waals surface area contributed by atoms with Crippen LogP contribution in [-0.2, 0) is 14.8 Å². The van der Waals surface area contributed by atoms with Crippen LogP contribution in [0.25, 0.3) is 5.57 Å². The van der Waals surface area contributed by atoms with E-state index in [0.717, 1.165) is 5.57 Å². The Labute approximate surface area is 178 Å². The highest BCUT2D eigenvalue weighted by Gasteiger charge is 2.27. The quantitative estimate of drug-likeness (QED) is 0.572. The van der Waals surface area contributed by atoms with Crippen molar-refractivity contribution in [1.29, 1.82) is 0 Å². The lowest BCUT2D eigenvalue weighted by molar-refractivity contribution is -0.135. The van der Waals surface area contributed by atoms with Gasteiger partial charge in [0.1, 0.15) is 18.0 Å². The van der Waals surface area contributed by atoms with Crippen molar-refractivity contribution in [3.05, 3.63) is 53.9 Å². The Bertz CT molecular complexity index is 1130. The predicted octanol–water partition coefficient (Wildman–Crippen LogP) is 1.09. The molecule has 3 rings (SSSR count). The van der Waals surface area contributed by atoms with Crippen LogP contribution < -0.4 is 10.1 Å². The maximum absolute atomic E-state index is 12.8. The number of hydrogen-bond acceptors (Lipinski definition) is 7. The largest absolute Gasteiger partial charge is 0.505 e. The summed E-state index contributed by atoms with van der Waals surface area (Å²) in [5.41, 5.74) is 1.04. The maximum Gasteiger partial charge on any atom is 0.322 e. The average molecular weight is 447 g/mol. The minimum absolute atomic E-state index is 0.144. The normalized spacial score (nSPS) is 14.5. The van der Waals surface area contributed by atoms with Gasteiger partial charge in [0.05, 0.1) is 12.0 Å². The molecule has 0 unspecified atom stereocenters. The van der Waals surface area contributed by atoms with Gasteiger partial charge in [-0.15, -0.1) is 0 Å². The molecule has 1 aliphatic heterocycles. The van der Waals surface area contributed by atoms with Crippen molar-refractivity contribution in [2.24, 2.45) is 0 Å². The zero-order valence-corrected chi connectivity index (χ0v) is 17.4. The molecule has 2 heterocycles. The number of amides is 1. The molecule has 164 valence electrons. The second-order valence-electron chi connectivity index (χ2n) is 6.69. The molecule has 1 aromatic heterocycles. The number of rotatable bonds is 7. The van der Waals surface area contributed by atoms with Crippen molar-refractivity contribution in [3.63, 3.8) is 0 Å². The Hall–Kier alpha value is -3.44. The minimum Gasteiger partial charge on any atom is -0.505 e. The van der Waals surface area contributed by atoms with E-state index >= 15 is 0 Å². The summed E-state index contributed by atoms with van der Waals surface area (Å²) in [4.78, 5) is 26.5. The molecule has 0 radical (unpaired) electrons. The van der Waals surface area contributed by atoms with Gasteiger partial charge in [0, 0.05) is 19.3 Å². The van der Waals surface area contributed by atoms with E-state index in [1.165, 1.54) is 35.8 Å². The summed E-state index contributed by atoms with van der Waals surface area (Å²) in [5, 5.41) is 20.9. The van der Waals surface area contributed by atoms with E-state index in [1.807, 2.05) is 0 Å². The van der Waals surface area contributed by atoms with Gasteiger partial charge in [0.25, 0.3) is 5.91 Å². The number of aromatic hydroxyl groups is 1. The minimum atomic E-state index is -3.66. The van der Waals surface area contributed by atoms with E-state index in [4.69, 9.17) is 9.84 Å². The maximum atomic E-state index is 12.8. The molecule has 0 spiro atoms. The number of nitrogens with one attached hydrogen (secondary N) is 1. The van der Waals surface area contributed by atoms with Gasteiger partial charge in [-0.1, -0.05) is 6.08 Å². The number of carbonyl (C=O) groups excluding carboxylic acids is 1. The Morgan fingerprint density at radius 1 is 1.26 bits per heavy atom. The van der Waals surface area contributed by atoms with Crippen molar-refractivity contribution in [2.45, 2.75) is 11.3 Å². The van der Waals surface area contributed by atoms with Crippen LogP contribution >= 0.6 is 0 Å². The smallest absolute Gasteiger partial charge is 0.322 e. The lowest BCUT2D eigenvalue weighted by Crippen LogP contribution is -2.34. The third kappa shape index (κ3) is 5.01. The fraction of sp³-hybridized carbons (Fsp3) is 0.250. The standard InChI is InChI=1S/C20H21N3O7S/c1-30-15-2-4-16(5-3-15)31(28,29)23-8-6-13(7-9-23)14-10-17(24)19(21-11-14)20(27)22-12-18(25)26/h2-6,10-11,24H,7-9,12H2,1H3,(H,22,27)(H,25,26). The number of aliphatic carboxylic acids is 1. The molecule has 0 saturated heterocycles. The molecule has 10 nitrogen and oxygen atoms in total. The molecule has 0 fully saturated rings. The first-order valence-corrected chi connectivity index (χ1v) is 10.7. The molecule has 1 aromatic carbocycles. The number of ether oxygens (including phenoxy) is 1. The Morgan fingerprint density at radius 3 is 2.52 bits per heavy atom.